The van der Waals surface area contributed by atoms with Crippen molar-refractivity contribution in [3.05, 3.63) is 125 Å². The number of rotatable bonds is 15. The SMILES string of the molecule is Cc1sc2c(c1C)C(c1ccc(Cl)cc1)=N[C@@H](C(CCOCCOCC[C@H](C(=O)NOC(=O)C(F)(F)F)[C@@H]1N=C(c3ccc(Cl)cc3)c3c(sc(C)c3C)-n3c(C)nnc31)C(=O)NOC(=O)C(F)(F)F)c1nnc(C)n1-2. The fourth-order valence-electron chi connectivity index (χ4n) is 8.52. The molecule has 6 heterocycles. The molecule has 0 aliphatic carbocycles. The second-order valence-electron chi connectivity index (χ2n) is 17.4. The van der Waals surface area contributed by atoms with Crippen molar-refractivity contribution in [3.63, 3.8) is 0 Å². The molecule has 2 aliphatic heterocycles. The number of halogens is 8. The summed E-state index contributed by atoms with van der Waals surface area (Å²) in [6.45, 7) is 10.2. The number of benzene rings is 2. The number of thiophene rings is 2. The highest BCUT2D eigenvalue weighted by atomic mass is 35.5. The number of aryl methyl sites for hydroxylation is 4. The van der Waals surface area contributed by atoms with E-state index in [2.05, 4.69) is 30.1 Å². The normalized spacial score (nSPS) is 15.9. The summed E-state index contributed by atoms with van der Waals surface area (Å²) in [4.78, 5) is 71.9. The number of carbonyl (C=O) groups is 4. The van der Waals surface area contributed by atoms with Crippen molar-refractivity contribution in [1.29, 1.82) is 0 Å². The number of nitrogens with zero attached hydrogens (tertiary/aromatic N) is 8. The maximum atomic E-state index is 14.0. The highest BCUT2D eigenvalue weighted by Gasteiger charge is 2.45. The summed E-state index contributed by atoms with van der Waals surface area (Å²) < 4.78 is 94.7. The molecule has 0 saturated heterocycles. The highest BCUT2D eigenvalue weighted by Crippen LogP contribution is 2.44. The average molecular weight is 1140 g/mol. The van der Waals surface area contributed by atoms with Gasteiger partial charge in [0.15, 0.2) is 11.6 Å². The maximum Gasteiger partial charge on any atom is 0.493 e. The van der Waals surface area contributed by atoms with Gasteiger partial charge in [-0.1, -0.05) is 47.5 Å². The number of fused-ring (bicyclic) bond motifs is 6. The van der Waals surface area contributed by atoms with Gasteiger partial charge in [0.1, 0.15) is 33.7 Å². The molecular formula is C48H44Cl2F6N10O8S2. The molecule has 0 saturated carbocycles. The number of aliphatic imine (C=N–C) groups is 2. The molecule has 2 aromatic carbocycles. The van der Waals surface area contributed by atoms with Crippen LogP contribution in [-0.2, 0) is 38.3 Å². The van der Waals surface area contributed by atoms with Crippen LogP contribution in [0.2, 0.25) is 10.0 Å². The Balaban J connectivity index is 1.03. The van der Waals surface area contributed by atoms with E-state index in [1.807, 2.05) is 27.7 Å². The molecule has 76 heavy (non-hydrogen) atoms. The first-order valence-corrected chi connectivity index (χ1v) is 25.4. The predicted octanol–water partition coefficient (Wildman–Crippen LogP) is 8.93. The number of hydroxylamine groups is 2. The van der Waals surface area contributed by atoms with Crippen molar-refractivity contribution in [2.24, 2.45) is 21.8 Å². The highest BCUT2D eigenvalue weighted by molar-refractivity contribution is 7.15. The van der Waals surface area contributed by atoms with Gasteiger partial charge in [-0.3, -0.25) is 28.7 Å². The molecule has 0 spiro atoms. The standard InChI is InChI=1S/C48H44Cl2F6N10O8S2/c1-21-23(3)75-43-33(21)35(27-7-11-29(49)12-8-27)57-37(39-61-59-25(5)65(39)43)31(41(67)63-73-45(69)47(51,52)53)15-17-71-19-20-72-18-16-32(42(68)64-74-46(70)48(54,55)56)38-40-62-60-26(6)66(40)44-34(22(2)24(4)76-44)36(58-38)28-9-13-30(50)14-10-28/h7-14,31-32,37-38H,15-20H2,1-6H3,(H,63,67)(H,64,68)/t31-,32?,37-,38-/m0/s1. The van der Waals surface area contributed by atoms with Crippen LogP contribution in [0.1, 0.15) is 91.4 Å². The largest absolute Gasteiger partial charge is 0.493 e. The van der Waals surface area contributed by atoms with Gasteiger partial charge < -0.3 is 19.1 Å². The summed E-state index contributed by atoms with van der Waals surface area (Å²) in [5.41, 5.74) is 8.42. The van der Waals surface area contributed by atoms with Crippen molar-refractivity contribution in [3.8, 4) is 10.0 Å². The average Bonchev–Trinajstić information content (AvgIpc) is 4.07. The Morgan fingerprint density at radius 2 is 0.934 bits per heavy atom. The number of hydrogen-bond acceptors (Lipinski definition) is 16. The lowest BCUT2D eigenvalue weighted by atomic mass is 9.94. The van der Waals surface area contributed by atoms with Gasteiger partial charge in [0.2, 0.25) is 0 Å². The number of amides is 2. The van der Waals surface area contributed by atoms with Gasteiger partial charge in [-0.15, -0.1) is 43.1 Å². The molecule has 8 rings (SSSR count). The molecule has 1 unspecified atom stereocenters. The molecule has 2 aliphatic rings. The molecule has 0 fully saturated rings. The van der Waals surface area contributed by atoms with Crippen molar-refractivity contribution in [2.45, 2.75) is 78.8 Å². The van der Waals surface area contributed by atoms with Crippen molar-refractivity contribution >= 4 is 81.1 Å². The summed E-state index contributed by atoms with van der Waals surface area (Å²) in [5.74, 6) is -9.32. The van der Waals surface area contributed by atoms with Crippen molar-refractivity contribution < 1.29 is 64.7 Å². The fourth-order valence-corrected chi connectivity index (χ4v) is 11.2. The van der Waals surface area contributed by atoms with Crippen LogP contribution < -0.4 is 11.0 Å². The molecule has 2 N–H and O–H groups in total. The monoisotopic (exact) mass is 1140 g/mol. The Hall–Kier alpha value is -6.58. The molecule has 28 heteroatoms. The fraction of sp³-hybridized carbons (Fsp3) is 0.375. The summed E-state index contributed by atoms with van der Waals surface area (Å²) in [7, 11) is 0. The first-order chi connectivity index (χ1) is 36.0. The van der Waals surface area contributed by atoms with Crippen LogP contribution in [0.15, 0.2) is 58.5 Å². The van der Waals surface area contributed by atoms with Crippen LogP contribution in [0.25, 0.3) is 10.0 Å². The van der Waals surface area contributed by atoms with E-state index < -0.39 is 60.0 Å². The van der Waals surface area contributed by atoms with Crippen LogP contribution >= 0.6 is 45.9 Å². The number of nitrogens with one attached hydrogen (secondary N) is 2. The Labute approximate surface area is 446 Å². The minimum Gasteiger partial charge on any atom is -0.379 e. The number of hydrogen-bond donors (Lipinski definition) is 2. The number of carbonyl (C=O) groups excluding carboxylic acids is 4. The number of alkyl halides is 6. The zero-order chi connectivity index (χ0) is 55.0. The molecule has 402 valence electrons. The minimum absolute atomic E-state index is 0.161. The molecule has 0 bridgehead atoms. The summed E-state index contributed by atoms with van der Waals surface area (Å²) in [5, 5.41) is 19.5. The van der Waals surface area contributed by atoms with E-state index in [0.717, 1.165) is 20.9 Å². The lowest BCUT2D eigenvalue weighted by Crippen LogP contribution is -2.40. The molecule has 6 aromatic rings. The topological polar surface area (TPSA) is 215 Å². The first kappa shape index (κ1) is 55.6. The Kier molecular flexibility index (Phi) is 16.5. The third kappa shape index (κ3) is 11.6. The first-order valence-electron chi connectivity index (χ1n) is 23.0. The Bertz CT molecular complexity index is 3050. The molecule has 0 radical (unpaired) electrons. The van der Waals surface area contributed by atoms with Crippen LogP contribution in [0.5, 0.6) is 0 Å². The van der Waals surface area contributed by atoms with Gasteiger partial charge in [0.25, 0.3) is 11.8 Å². The summed E-state index contributed by atoms with van der Waals surface area (Å²) in [6, 6.07) is 11.0. The predicted molar refractivity (Wildman–Crippen MR) is 265 cm³/mol. The lowest BCUT2D eigenvalue weighted by Gasteiger charge is -2.23. The van der Waals surface area contributed by atoms with Crippen LogP contribution in [0.4, 0.5) is 26.3 Å². The molecule has 4 atom stereocenters. The Morgan fingerprint density at radius 3 is 1.28 bits per heavy atom. The molecule has 2 amide bonds. The minimum atomic E-state index is -5.44. The van der Waals surface area contributed by atoms with Crippen LogP contribution in [-0.4, -0.2) is 103 Å². The van der Waals surface area contributed by atoms with E-state index in [9.17, 15) is 45.5 Å². The number of aromatic nitrogens is 6. The third-order valence-electron chi connectivity index (χ3n) is 12.5. The maximum absolute atomic E-state index is 14.0. The van der Waals surface area contributed by atoms with Crippen LogP contribution in [0.3, 0.4) is 0 Å². The van der Waals surface area contributed by atoms with Gasteiger partial charge in [-0.05, 0) is 89.8 Å². The van der Waals surface area contributed by atoms with Crippen molar-refractivity contribution in [2.75, 3.05) is 26.4 Å². The zero-order valence-electron chi connectivity index (χ0n) is 40.9. The molecule has 18 nitrogen and oxygen atoms in total. The van der Waals surface area contributed by atoms with Gasteiger partial charge in [0.05, 0.1) is 36.5 Å². The van der Waals surface area contributed by atoms with Gasteiger partial charge in [-0.25, -0.2) is 9.59 Å². The number of ether oxygens (including phenoxy) is 2. The van der Waals surface area contributed by atoms with E-state index >= 15 is 0 Å². The quantitative estimate of drug-likeness (QED) is 0.0560. The second-order valence-corrected chi connectivity index (χ2v) is 20.7. The van der Waals surface area contributed by atoms with E-state index in [-0.39, 0.29) is 50.9 Å². The second kappa shape index (κ2) is 22.6. The van der Waals surface area contributed by atoms with E-state index in [4.69, 9.17) is 42.7 Å². The van der Waals surface area contributed by atoms with Crippen molar-refractivity contribution in [1.82, 2.24) is 40.5 Å². The van der Waals surface area contributed by atoms with Gasteiger partial charge in [0, 0.05) is 55.3 Å². The third-order valence-corrected chi connectivity index (χ3v) is 15.4. The summed E-state index contributed by atoms with van der Waals surface area (Å²) >= 11 is 15.3. The van der Waals surface area contributed by atoms with Gasteiger partial charge >= 0.3 is 24.3 Å². The van der Waals surface area contributed by atoms with E-state index in [1.54, 1.807) is 82.5 Å². The summed E-state index contributed by atoms with van der Waals surface area (Å²) in [6.07, 6.45) is -11.4. The van der Waals surface area contributed by atoms with Gasteiger partial charge in [-0.2, -0.15) is 37.3 Å². The molecular weight excluding hydrogens is 1090 g/mol. The molecule has 4 aromatic heterocycles. The smallest absolute Gasteiger partial charge is 0.379 e. The van der Waals surface area contributed by atoms with E-state index in [0.29, 0.717) is 65.4 Å². The van der Waals surface area contributed by atoms with E-state index in [1.165, 1.54) is 22.7 Å². The zero-order valence-corrected chi connectivity index (χ0v) is 44.0. The van der Waals surface area contributed by atoms with Crippen LogP contribution in [0, 0.1) is 53.4 Å². The lowest BCUT2D eigenvalue weighted by molar-refractivity contribution is -0.208. The Morgan fingerprint density at radius 1 is 0.579 bits per heavy atom.